The number of hydrogen-bond acceptors (Lipinski definition) is 8. The summed E-state index contributed by atoms with van der Waals surface area (Å²) in [5.41, 5.74) is 1.33. The lowest BCUT2D eigenvalue weighted by Crippen LogP contribution is -2.50. The van der Waals surface area contributed by atoms with Gasteiger partial charge in [0.05, 0.1) is 35.0 Å². The Morgan fingerprint density at radius 1 is 1.16 bits per heavy atom. The molecule has 1 aliphatic rings. The number of anilines is 2. The molecule has 0 radical (unpaired) electrons. The van der Waals surface area contributed by atoms with Gasteiger partial charge in [0, 0.05) is 38.3 Å². The van der Waals surface area contributed by atoms with Crippen molar-refractivity contribution in [3.05, 3.63) is 46.5 Å². The van der Waals surface area contributed by atoms with Crippen molar-refractivity contribution in [2.75, 3.05) is 50.6 Å². The maximum absolute atomic E-state index is 12.7. The number of nitrogens with zero attached hydrogens (tertiary/aromatic N) is 4. The highest BCUT2D eigenvalue weighted by Crippen LogP contribution is 2.35. The molecule has 1 aliphatic heterocycles. The third-order valence-corrected chi connectivity index (χ3v) is 6.13. The van der Waals surface area contributed by atoms with Gasteiger partial charge in [0.2, 0.25) is 0 Å². The summed E-state index contributed by atoms with van der Waals surface area (Å²) in [6.45, 7) is 2.28. The molecule has 0 spiro atoms. The van der Waals surface area contributed by atoms with Crippen molar-refractivity contribution in [3.8, 4) is 11.5 Å². The first-order valence-corrected chi connectivity index (χ1v) is 10.4. The molecule has 2 heterocycles. The van der Waals surface area contributed by atoms with Gasteiger partial charge < -0.3 is 24.6 Å². The molecule has 1 aromatic heterocycles. The minimum atomic E-state index is -0.409. The zero-order valence-corrected chi connectivity index (χ0v) is 17.8. The molecule has 162 valence electrons. The third kappa shape index (κ3) is 4.17. The number of amides is 2. The normalized spacial score (nSPS) is 13.9. The molecule has 4 rings (SSSR count). The number of nitro groups is 1. The summed E-state index contributed by atoms with van der Waals surface area (Å²) in [4.78, 5) is 31.7. The van der Waals surface area contributed by atoms with E-state index in [0.29, 0.717) is 43.4 Å². The van der Waals surface area contributed by atoms with Crippen molar-refractivity contribution in [1.29, 1.82) is 0 Å². The number of nitrogens with one attached hydrogen (secondary N) is 1. The highest BCUT2D eigenvalue weighted by atomic mass is 32.1. The molecule has 3 aromatic rings. The topological polar surface area (TPSA) is 110 Å². The van der Waals surface area contributed by atoms with Gasteiger partial charge in [-0.15, -0.1) is 0 Å². The molecule has 0 bridgehead atoms. The van der Waals surface area contributed by atoms with Gasteiger partial charge in [-0.25, -0.2) is 9.78 Å². The van der Waals surface area contributed by atoms with Crippen LogP contribution in [0.4, 0.5) is 21.3 Å². The van der Waals surface area contributed by atoms with E-state index >= 15 is 0 Å². The first kappa shape index (κ1) is 20.7. The summed E-state index contributed by atoms with van der Waals surface area (Å²) in [6, 6.07) is 9.76. The number of fused-ring (bicyclic) bond motifs is 1. The summed E-state index contributed by atoms with van der Waals surface area (Å²) < 4.78 is 11.4. The minimum absolute atomic E-state index is 0.0529. The predicted octanol–water partition coefficient (Wildman–Crippen LogP) is 3.58. The number of aromatic nitrogens is 1. The number of ether oxygens (including phenoxy) is 2. The van der Waals surface area contributed by atoms with Crippen LogP contribution in [0.1, 0.15) is 0 Å². The van der Waals surface area contributed by atoms with E-state index in [9.17, 15) is 14.9 Å². The van der Waals surface area contributed by atoms with E-state index in [1.165, 1.54) is 24.5 Å². The van der Waals surface area contributed by atoms with Crippen LogP contribution in [0.5, 0.6) is 11.5 Å². The maximum Gasteiger partial charge on any atom is 0.322 e. The zero-order chi connectivity index (χ0) is 22.0. The van der Waals surface area contributed by atoms with E-state index in [2.05, 4.69) is 15.2 Å². The van der Waals surface area contributed by atoms with Crippen LogP contribution in [-0.4, -0.2) is 61.2 Å². The fourth-order valence-corrected chi connectivity index (χ4v) is 4.48. The molecule has 0 saturated carbocycles. The number of carbonyl (C=O) groups is 1. The van der Waals surface area contributed by atoms with Crippen LogP contribution in [0.25, 0.3) is 10.2 Å². The molecule has 10 nitrogen and oxygen atoms in total. The smallest absolute Gasteiger partial charge is 0.322 e. The monoisotopic (exact) mass is 443 g/mol. The molecule has 1 fully saturated rings. The van der Waals surface area contributed by atoms with Crippen LogP contribution in [0.3, 0.4) is 0 Å². The predicted molar refractivity (Wildman–Crippen MR) is 119 cm³/mol. The van der Waals surface area contributed by atoms with Crippen LogP contribution in [0, 0.1) is 10.1 Å². The second-order valence-corrected chi connectivity index (χ2v) is 7.86. The summed E-state index contributed by atoms with van der Waals surface area (Å²) in [5.74, 6) is 1.02. The largest absolute Gasteiger partial charge is 0.493 e. The Balaban J connectivity index is 1.41. The van der Waals surface area contributed by atoms with Gasteiger partial charge in [-0.3, -0.25) is 10.1 Å². The van der Waals surface area contributed by atoms with Crippen LogP contribution < -0.4 is 19.7 Å². The molecule has 31 heavy (non-hydrogen) atoms. The number of benzene rings is 2. The second-order valence-electron chi connectivity index (χ2n) is 6.85. The lowest BCUT2D eigenvalue weighted by Gasteiger charge is -2.34. The van der Waals surface area contributed by atoms with Crippen molar-refractivity contribution < 1.29 is 19.2 Å². The first-order chi connectivity index (χ1) is 15.0. The van der Waals surface area contributed by atoms with Gasteiger partial charge in [-0.1, -0.05) is 17.4 Å². The van der Waals surface area contributed by atoms with E-state index in [0.717, 1.165) is 15.3 Å². The lowest BCUT2D eigenvalue weighted by molar-refractivity contribution is -0.384. The fourth-order valence-electron chi connectivity index (χ4n) is 3.43. The van der Waals surface area contributed by atoms with E-state index < -0.39 is 4.92 Å². The Labute approximate surface area is 182 Å². The minimum Gasteiger partial charge on any atom is -0.493 e. The quantitative estimate of drug-likeness (QED) is 0.474. The molecule has 0 atom stereocenters. The average Bonchev–Trinajstić information content (AvgIpc) is 3.22. The van der Waals surface area contributed by atoms with Gasteiger partial charge in [0.1, 0.15) is 0 Å². The number of carbonyl (C=O) groups excluding carboxylic acids is 1. The summed E-state index contributed by atoms with van der Waals surface area (Å²) in [6.07, 6.45) is 0. The Morgan fingerprint density at radius 2 is 1.94 bits per heavy atom. The van der Waals surface area contributed by atoms with Gasteiger partial charge in [0.15, 0.2) is 16.6 Å². The number of methoxy groups -OCH3 is 2. The van der Waals surface area contributed by atoms with Gasteiger partial charge in [-0.05, 0) is 18.2 Å². The molecule has 11 heteroatoms. The standard InChI is InChI=1S/C20H21N5O5S/c1-29-16-5-3-4-15(18(16)30-2)21-19(26)23-8-10-24(11-9-23)20-22-14-7-6-13(25(27)28)12-17(14)31-20/h3-7,12H,8-11H2,1-2H3,(H,21,26). The Morgan fingerprint density at radius 3 is 2.61 bits per heavy atom. The number of hydrogen-bond donors (Lipinski definition) is 1. The van der Waals surface area contributed by atoms with E-state index in [1.54, 1.807) is 42.3 Å². The number of thiazole rings is 1. The fraction of sp³-hybridized carbons (Fsp3) is 0.300. The third-order valence-electron chi connectivity index (χ3n) is 5.05. The maximum atomic E-state index is 12.7. The van der Waals surface area contributed by atoms with E-state index in [4.69, 9.17) is 9.47 Å². The number of para-hydroxylation sites is 1. The molecule has 2 aromatic carbocycles. The van der Waals surface area contributed by atoms with E-state index in [1.807, 2.05) is 0 Å². The summed E-state index contributed by atoms with van der Waals surface area (Å²) in [5, 5.41) is 14.7. The van der Waals surface area contributed by atoms with Gasteiger partial charge in [-0.2, -0.15) is 0 Å². The van der Waals surface area contributed by atoms with Crippen LogP contribution in [-0.2, 0) is 0 Å². The van der Waals surface area contributed by atoms with Crippen LogP contribution >= 0.6 is 11.3 Å². The number of non-ortho nitro benzene ring substituents is 1. The first-order valence-electron chi connectivity index (χ1n) is 9.57. The Bertz CT molecular complexity index is 1130. The molecule has 0 aliphatic carbocycles. The second kappa shape index (κ2) is 8.64. The van der Waals surface area contributed by atoms with Crippen molar-refractivity contribution in [2.45, 2.75) is 0 Å². The van der Waals surface area contributed by atoms with Gasteiger partial charge >= 0.3 is 6.03 Å². The van der Waals surface area contributed by atoms with E-state index in [-0.39, 0.29) is 11.7 Å². The molecular weight excluding hydrogens is 422 g/mol. The van der Waals surface area contributed by atoms with Crippen molar-refractivity contribution >= 4 is 44.1 Å². The molecular formula is C20H21N5O5S. The highest BCUT2D eigenvalue weighted by Gasteiger charge is 2.24. The number of urea groups is 1. The number of piperazine rings is 1. The Kier molecular flexibility index (Phi) is 5.76. The summed E-state index contributed by atoms with van der Waals surface area (Å²) in [7, 11) is 3.07. The van der Waals surface area contributed by atoms with Crippen molar-refractivity contribution in [2.24, 2.45) is 0 Å². The van der Waals surface area contributed by atoms with Crippen LogP contribution in [0.2, 0.25) is 0 Å². The SMILES string of the molecule is COc1cccc(NC(=O)N2CCN(c3nc4ccc([N+](=O)[O-])cc4s3)CC2)c1OC. The molecule has 2 amide bonds. The lowest BCUT2D eigenvalue weighted by atomic mass is 10.2. The summed E-state index contributed by atoms with van der Waals surface area (Å²) >= 11 is 1.42. The highest BCUT2D eigenvalue weighted by molar-refractivity contribution is 7.22. The number of nitro benzene ring substituents is 1. The Hall–Kier alpha value is -3.60. The van der Waals surface area contributed by atoms with Crippen molar-refractivity contribution in [1.82, 2.24) is 9.88 Å². The van der Waals surface area contributed by atoms with Gasteiger partial charge in [0.25, 0.3) is 5.69 Å². The van der Waals surface area contributed by atoms with Crippen molar-refractivity contribution in [3.63, 3.8) is 0 Å². The average molecular weight is 443 g/mol. The molecule has 1 N–H and O–H groups in total. The number of rotatable bonds is 5. The zero-order valence-electron chi connectivity index (χ0n) is 17.0. The molecule has 0 unspecified atom stereocenters. The van der Waals surface area contributed by atoms with Crippen LogP contribution in [0.15, 0.2) is 36.4 Å². The molecule has 1 saturated heterocycles.